The second kappa shape index (κ2) is 5.30. The fraction of sp³-hybridized carbons (Fsp3) is 0.400. The molecule has 2 unspecified atom stereocenters. The molecule has 22 heavy (non-hydrogen) atoms. The summed E-state index contributed by atoms with van der Waals surface area (Å²) in [5, 5.41) is 5.78. The number of hydrogen-bond acceptors (Lipinski definition) is 2. The zero-order chi connectivity index (χ0) is 16.1. The van der Waals surface area contributed by atoms with E-state index in [0.29, 0.717) is 0 Å². The molecule has 0 spiro atoms. The quantitative estimate of drug-likeness (QED) is 0.836. The average Bonchev–Trinajstić information content (AvgIpc) is 2.97. The summed E-state index contributed by atoms with van der Waals surface area (Å²) in [5.74, 6) is 0.227. The predicted octanol–water partition coefficient (Wildman–Crippen LogP) is 4.56. The van der Waals surface area contributed by atoms with Gasteiger partial charge in [0.05, 0.1) is 6.04 Å². The highest BCUT2D eigenvalue weighted by Gasteiger charge is 2.41. The van der Waals surface area contributed by atoms with Gasteiger partial charge in [0.15, 0.2) is 10.3 Å². The molecule has 7 heteroatoms. The van der Waals surface area contributed by atoms with Gasteiger partial charge in [0.1, 0.15) is 5.69 Å². The summed E-state index contributed by atoms with van der Waals surface area (Å²) < 4.78 is 39.7. The highest BCUT2D eigenvalue weighted by atomic mass is 79.9. The van der Waals surface area contributed by atoms with Crippen LogP contribution in [0.4, 0.5) is 18.9 Å². The molecule has 0 aliphatic heterocycles. The molecule has 0 bridgehead atoms. The van der Waals surface area contributed by atoms with Gasteiger partial charge in [-0.05, 0) is 39.4 Å². The predicted molar refractivity (Wildman–Crippen MR) is 81.7 cm³/mol. The molecule has 3 nitrogen and oxygen atoms in total. The Morgan fingerprint density at radius 1 is 1.32 bits per heavy atom. The number of rotatable bonds is 2. The first kappa shape index (κ1) is 15.4. The summed E-state index contributed by atoms with van der Waals surface area (Å²) in [5.41, 5.74) is 1.51. The van der Waals surface area contributed by atoms with Gasteiger partial charge < -0.3 is 4.90 Å². The Bertz CT molecular complexity index is 696. The molecular weight excluding hydrogens is 359 g/mol. The Kier molecular flexibility index (Phi) is 3.71. The Labute approximate surface area is 134 Å². The van der Waals surface area contributed by atoms with Crippen molar-refractivity contribution in [1.82, 2.24) is 10.2 Å². The first-order valence-electron chi connectivity index (χ1n) is 6.92. The maximum absolute atomic E-state index is 13.2. The summed E-state index contributed by atoms with van der Waals surface area (Å²) >= 11 is 3.13. The van der Waals surface area contributed by atoms with Gasteiger partial charge in [-0.1, -0.05) is 31.2 Å². The van der Waals surface area contributed by atoms with Crippen LogP contribution in [-0.2, 0) is 12.6 Å². The summed E-state index contributed by atoms with van der Waals surface area (Å²) in [7, 11) is 1.69. The van der Waals surface area contributed by atoms with Crippen LogP contribution in [0.1, 0.15) is 29.8 Å². The molecule has 118 valence electrons. The van der Waals surface area contributed by atoms with Crippen LogP contribution in [0.5, 0.6) is 0 Å². The van der Waals surface area contributed by atoms with Gasteiger partial charge in [-0.25, -0.2) is 0 Å². The van der Waals surface area contributed by atoms with Crippen LogP contribution in [-0.4, -0.2) is 17.2 Å². The number of nitrogens with zero attached hydrogens (tertiary/aromatic N) is 2. The Morgan fingerprint density at radius 2 is 2.00 bits per heavy atom. The number of nitrogens with one attached hydrogen (secondary N) is 1. The number of aromatic nitrogens is 2. The van der Waals surface area contributed by atoms with Crippen molar-refractivity contribution in [3.8, 4) is 0 Å². The van der Waals surface area contributed by atoms with E-state index in [4.69, 9.17) is 0 Å². The fourth-order valence-corrected chi connectivity index (χ4v) is 3.90. The number of halogens is 4. The number of H-pyrrole nitrogens is 1. The first-order valence-corrected chi connectivity index (χ1v) is 7.71. The van der Waals surface area contributed by atoms with Gasteiger partial charge in [-0.3, -0.25) is 5.10 Å². The molecule has 0 radical (unpaired) electrons. The van der Waals surface area contributed by atoms with Crippen LogP contribution >= 0.6 is 15.9 Å². The zero-order valence-corrected chi connectivity index (χ0v) is 13.7. The summed E-state index contributed by atoms with van der Waals surface area (Å²) in [4.78, 5) is 1.67. The van der Waals surface area contributed by atoms with E-state index in [-0.39, 0.29) is 22.3 Å². The van der Waals surface area contributed by atoms with E-state index < -0.39 is 11.9 Å². The molecule has 1 aromatic heterocycles. The third kappa shape index (κ3) is 2.41. The molecule has 2 atom stereocenters. The number of fused-ring (bicyclic) bond motifs is 1. The van der Waals surface area contributed by atoms with Gasteiger partial charge in [-0.2, -0.15) is 18.3 Å². The van der Waals surface area contributed by atoms with Crippen molar-refractivity contribution in [2.75, 3.05) is 11.9 Å². The van der Waals surface area contributed by atoms with Crippen molar-refractivity contribution in [1.29, 1.82) is 0 Å². The van der Waals surface area contributed by atoms with Gasteiger partial charge in [0.2, 0.25) is 0 Å². The van der Waals surface area contributed by atoms with Crippen molar-refractivity contribution in [3.63, 3.8) is 0 Å². The van der Waals surface area contributed by atoms with Crippen molar-refractivity contribution in [3.05, 3.63) is 45.7 Å². The third-order valence-corrected chi connectivity index (χ3v) is 4.76. The van der Waals surface area contributed by atoms with Crippen molar-refractivity contribution in [2.24, 2.45) is 5.92 Å². The van der Waals surface area contributed by atoms with E-state index in [1.807, 2.05) is 24.3 Å². The molecule has 1 aliphatic rings. The lowest BCUT2D eigenvalue weighted by Gasteiger charge is -2.31. The van der Waals surface area contributed by atoms with Gasteiger partial charge in [0.25, 0.3) is 0 Å². The van der Waals surface area contributed by atoms with Gasteiger partial charge in [-0.15, -0.1) is 0 Å². The van der Waals surface area contributed by atoms with Crippen LogP contribution < -0.4 is 4.90 Å². The molecule has 1 aromatic carbocycles. The molecule has 0 fully saturated rings. The molecule has 2 aromatic rings. The number of hydrogen-bond donors (Lipinski definition) is 1. The van der Waals surface area contributed by atoms with Crippen molar-refractivity contribution in [2.45, 2.75) is 25.6 Å². The zero-order valence-electron chi connectivity index (χ0n) is 12.1. The number of benzene rings is 1. The molecule has 1 heterocycles. The van der Waals surface area contributed by atoms with Gasteiger partial charge in [0, 0.05) is 7.05 Å². The lowest BCUT2D eigenvalue weighted by Crippen LogP contribution is -2.28. The van der Waals surface area contributed by atoms with E-state index in [2.05, 4.69) is 33.1 Å². The summed E-state index contributed by atoms with van der Waals surface area (Å²) in [6.07, 6.45) is -3.61. The highest BCUT2D eigenvalue weighted by Crippen LogP contribution is 2.46. The summed E-state index contributed by atoms with van der Waals surface area (Å²) in [6.45, 7) is 2.06. The average molecular weight is 374 g/mol. The molecule has 1 N–H and O–H groups in total. The first-order chi connectivity index (χ1) is 10.3. The Hall–Kier alpha value is -1.50. The highest BCUT2D eigenvalue weighted by molar-refractivity contribution is 9.10. The van der Waals surface area contributed by atoms with E-state index in [0.717, 1.165) is 12.0 Å². The van der Waals surface area contributed by atoms with Crippen molar-refractivity contribution >= 4 is 21.6 Å². The van der Waals surface area contributed by atoms with Crippen LogP contribution in [0.25, 0.3) is 0 Å². The topological polar surface area (TPSA) is 31.9 Å². The van der Waals surface area contributed by atoms with Crippen LogP contribution in [0.3, 0.4) is 0 Å². The number of anilines is 1. The fourth-order valence-electron chi connectivity index (χ4n) is 3.34. The lowest BCUT2D eigenvalue weighted by atomic mass is 10.0. The van der Waals surface area contributed by atoms with E-state index in [1.54, 1.807) is 11.9 Å². The largest absolute Gasteiger partial charge is 0.434 e. The Morgan fingerprint density at radius 3 is 2.68 bits per heavy atom. The van der Waals surface area contributed by atoms with E-state index >= 15 is 0 Å². The maximum Gasteiger partial charge on any atom is 0.434 e. The lowest BCUT2D eigenvalue weighted by molar-refractivity contribution is -0.140. The minimum Gasteiger partial charge on any atom is -0.363 e. The monoisotopic (exact) mass is 373 g/mol. The SMILES string of the molecule is CC1Cc2ccccc2C1N(C)c1c(Br)n[nH]c1C(F)(F)F. The molecule has 0 amide bonds. The second-order valence-corrected chi connectivity index (χ2v) is 6.42. The molecule has 0 saturated heterocycles. The smallest absolute Gasteiger partial charge is 0.363 e. The number of alkyl halides is 3. The van der Waals surface area contributed by atoms with E-state index in [9.17, 15) is 13.2 Å². The standard InChI is InChI=1S/C15H15BrF3N3/c1-8-7-9-5-3-4-6-10(9)11(8)22(2)12-13(15(17,18)19)20-21-14(12)16/h3-6,8,11H,7H2,1-2H3,(H,20,21). The van der Waals surface area contributed by atoms with Crippen LogP contribution in [0.15, 0.2) is 28.9 Å². The maximum atomic E-state index is 13.2. The van der Waals surface area contributed by atoms with Gasteiger partial charge >= 0.3 is 6.18 Å². The normalized spacial score (nSPS) is 21.0. The van der Waals surface area contributed by atoms with E-state index in [1.165, 1.54) is 5.56 Å². The van der Waals surface area contributed by atoms with Crippen molar-refractivity contribution < 1.29 is 13.2 Å². The summed E-state index contributed by atoms with van der Waals surface area (Å²) in [6, 6.07) is 7.80. The molecule has 3 rings (SSSR count). The van der Waals surface area contributed by atoms with Crippen LogP contribution in [0, 0.1) is 5.92 Å². The Balaban J connectivity index is 2.06. The molecule has 1 aliphatic carbocycles. The third-order valence-electron chi connectivity index (χ3n) is 4.21. The second-order valence-electron chi connectivity index (χ2n) is 5.67. The van der Waals surface area contributed by atoms with Crippen LogP contribution in [0.2, 0.25) is 0 Å². The minimum atomic E-state index is -4.47. The number of aromatic amines is 1. The molecular formula is C15H15BrF3N3. The molecule has 0 saturated carbocycles. The minimum absolute atomic E-state index is 0.0565.